The van der Waals surface area contributed by atoms with Crippen LogP contribution in [0.1, 0.15) is 10.5 Å². The molecule has 7 heteroatoms. The molecule has 3 heterocycles. The first-order chi connectivity index (χ1) is 13.2. The molecule has 0 spiro atoms. The maximum absolute atomic E-state index is 12.7. The van der Waals surface area contributed by atoms with Crippen molar-refractivity contribution in [2.45, 2.75) is 0 Å². The predicted molar refractivity (Wildman–Crippen MR) is 103 cm³/mol. The smallest absolute Gasteiger partial charge is 0.274 e. The lowest BCUT2D eigenvalue weighted by atomic mass is 10.2. The molecule has 0 bridgehead atoms. The Labute approximate surface area is 157 Å². The molecule has 0 unspecified atom stereocenters. The fourth-order valence-corrected chi connectivity index (χ4v) is 3.23. The Hall–Kier alpha value is -3.19. The highest BCUT2D eigenvalue weighted by atomic mass is 16.2. The first-order valence-electron chi connectivity index (χ1n) is 8.99. The van der Waals surface area contributed by atoms with Crippen LogP contribution >= 0.6 is 0 Å². The Kier molecular flexibility index (Phi) is 4.84. The summed E-state index contributed by atoms with van der Waals surface area (Å²) < 4.78 is 1.84. The third kappa shape index (κ3) is 3.98. The summed E-state index contributed by atoms with van der Waals surface area (Å²) >= 11 is 0. The number of amides is 2. The van der Waals surface area contributed by atoms with Crippen LogP contribution < -0.4 is 5.32 Å². The molecule has 138 valence electrons. The summed E-state index contributed by atoms with van der Waals surface area (Å²) in [6.45, 7) is 2.84. The molecule has 1 N–H and O–H groups in total. The number of piperazine rings is 1. The largest absolute Gasteiger partial charge is 0.335 e. The number of hydrogen-bond donors (Lipinski definition) is 1. The molecule has 0 saturated carbocycles. The summed E-state index contributed by atoms with van der Waals surface area (Å²) in [5.74, 6) is -0.103. The zero-order chi connectivity index (χ0) is 18.6. The van der Waals surface area contributed by atoms with Crippen molar-refractivity contribution in [2.24, 2.45) is 0 Å². The van der Waals surface area contributed by atoms with Crippen LogP contribution in [0, 0.1) is 0 Å². The molecule has 0 aliphatic carbocycles. The third-order valence-corrected chi connectivity index (χ3v) is 4.67. The van der Waals surface area contributed by atoms with E-state index in [1.807, 2.05) is 59.1 Å². The van der Waals surface area contributed by atoms with Gasteiger partial charge in [-0.25, -0.2) is 4.98 Å². The van der Waals surface area contributed by atoms with Crippen LogP contribution in [0.2, 0.25) is 0 Å². The number of aromatic nitrogens is 2. The number of hydrogen-bond acceptors (Lipinski definition) is 4. The maximum Gasteiger partial charge on any atom is 0.274 e. The topological polar surface area (TPSA) is 70.0 Å². The Bertz CT molecular complexity index is 912. The minimum atomic E-state index is -0.0629. The average molecular weight is 363 g/mol. The second kappa shape index (κ2) is 7.59. The van der Waals surface area contributed by atoms with E-state index in [0.29, 0.717) is 38.4 Å². The first kappa shape index (κ1) is 17.2. The van der Waals surface area contributed by atoms with Crippen LogP contribution in [-0.4, -0.2) is 63.7 Å². The Balaban J connectivity index is 1.30. The van der Waals surface area contributed by atoms with E-state index in [9.17, 15) is 9.59 Å². The van der Waals surface area contributed by atoms with Crippen molar-refractivity contribution in [1.29, 1.82) is 0 Å². The summed E-state index contributed by atoms with van der Waals surface area (Å²) in [4.78, 5) is 33.1. The molecule has 0 radical (unpaired) electrons. The number of pyridine rings is 1. The van der Waals surface area contributed by atoms with Gasteiger partial charge in [-0.3, -0.25) is 14.5 Å². The van der Waals surface area contributed by atoms with Gasteiger partial charge in [0, 0.05) is 44.3 Å². The van der Waals surface area contributed by atoms with Gasteiger partial charge in [0.1, 0.15) is 11.3 Å². The molecule has 4 rings (SSSR count). The normalized spacial score (nSPS) is 15.0. The number of anilines is 1. The average Bonchev–Trinajstić information content (AvgIpc) is 3.13. The van der Waals surface area contributed by atoms with E-state index < -0.39 is 0 Å². The lowest BCUT2D eigenvalue weighted by Crippen LogP contribution is -2.50. The van der Waals surface area contributed by atoms with Crippen LogP contribution in [0.4, 0.5) is 5.69 Å². The molecule has 27 heavy (non-hydrogen) atoms. The van der Waals surface area contributed by atoms with E-state index in [0.717, 1.165) is 11.3 Å². The van der Waals surface area contributed by atoms with E-state index in [1.54, 1.807) is 11.1 Å². The molecule has 3 aromatic rings. The molecule has 7 nitrogen and oxygen atoms in total. The molecule has 0 atom stereocenters. The van der Waals surface area contributed by atoms with Gasteiger partial charge in [0.15, 0.2) is 0 Å². The van der Waals surface area contributed by atoms with Gasteiger partial charge in [0.25, 0.3) is 5.91 Å². The second-order valence-electron chi connectivity index (χ2n) is 6.57. The van der Waals surface area contributed by atoms with Crippen LogP contribution in [0.15, 0.2) is 60.9 Å². The molecule has 1 aliphatic rings. The van der Waals surface area contributed by atoms with Gasteiger partial charge < -0.3 is 14.6 Å². The van der Waals surface area contributed by atoms with E-state index in [4.69, 9.17) is 0 Å². The van der Waals surface area contributed by atoms with Gasteiger partial charge >= 0.3 is 0 Å². The molecular formula is C20H21N5O2. The monoisotopic (exact) mass is 363 g/mol. The zero-order valence-electron chi connectivity index (χ0n) is 14.9. The summed E-state index contributed by atoms with van der Waals surface area (Å²) in [5.41, 5.74) is 2.01. The number of fused-ring (bicyclic) bond motifs is 1. The summed E-state index contributed by atoms with van der Waals surface area (Å²) in [7, 11) is 0. The summed E-state index contributed by atoms with van der Waals surface area (Å²) in [6.07, 6.45) is 3.64. The van der Waals surface area contributed by atoms with Crippen LogP contribution in [0.25, 0.3) is 5.65 Å². The van der Waals surface area contributed by atoms with Crippen molar-refractivity contribution >= 4 is 23.1 Å². The van der Waals surface area contributed by atoms with Crippen molar-refractivity contribution in [3.63, 3.8) is 0 Å². The van der Waals surface area contributed by atoms with Crippen LogP contribution in [0.5, 0.6) is 0 Å². The van der Waals surface area contributed by atoms with Crippen molar-refractivity contribution in [2.75, 3.05) is 38.0 Å². The van der Waals surface area contributed by atoms with Gasteiger partial charge in [0.2, 0.25) is 5.91 Å². The first-order valence-corrected chi connectivity index (χ1v) is 8.99. The Morgan fingerprint density at radius 3 is 2.44 bits per heavy atom. The van der Waals surface area contributed by atoms with Crippen molar-refractivity contribution < 1.29 is 9.59 Å². The molecule has 1 fully saturated rings. The molecule has 1 aliphatic heterocycles. The van der Waals surface area contributed by atoms with Crippen LogP contribution in [0.3, 0.4) is 0 Å². The number of carbonyl (C=O) groups excluding carboxylic acids is 2. The Morgan fingerprint density at radius 2 is 1.70 bits per heavy atom. The quantitative estimate of drug-likeness (QED) is 0.766. The minimum absolute atomic E-state index is 0.0404. The SMILES string of the molecule is O=C(CN1CCN(C(=O)c2cn3ccccc3n2)CC1)Nc1ccccc1. The van der Waals surface area contributed by atoms with E-state index in [2.05, 4.69) is 15.2 Å². The van der Waals surface area contributed by atoms with Crippen LogP contribution in [-0.2, 0) is 4.79 Å². The van der Waals surface area contributed by atoms with E-state index in [-0.39, 0.29) is 11.8 Å². The van der Waals surface area contributed by atoms with Gasteiger partial charge in [0.05, 0.1) is 6.54 Å². The number of imidazole rings is 1. The number of benzene rings is 1. The highest BCUT2D eigenvalue weighted by Gasteiger charge is 2.24. The highest BCUT2D eigenvalue weighted by Crippen LogP contribution is 2.11. The fourth-order valence-electron chi connectivity index (χ4n) is 3.23. The maximum atomic E-state index is 12.7. The van der Waals surface area contributed by atoms with E-state index in [1.165, 1.54) is 0 Å². The third-order valence-electron chi connectivity index (χ3n) is 4.67. The summed E-state index contributed by atoms with van der Waals surface area (Å²) in [6, 6.07) is 15.1. The lowest BCUT2D eigenvalue weighted by molar-refractivity contribution is -0.117. The van der Waals surface area contributed by atoms with Gasteiger partial charge in [-0.2, -0.15) is 0 Å². The van der Waals surface area contributed by atoms with E-state index >= 15 is 0 Å². The fraction of sp³-hybridized carbons (Fsp3) is 0.250. The molecule has 1 aromatic carbocycles. The highest BCUT2D eigenvalue weighted by molar-refractivity contribution is 5.93. The Morgan fingerprint density at radius 1 is 0.963 bits per heavy atom. The standard InChI is InChI=1S/C20H21N5O2/c26-19(21-16-6-2-1-3-7-16)15-23-10-12-24(13-11-23)20(27)17-14-25-9-5-4-8-18(25)22-17/h1-9,14H,10-13,15H2,(H,21,26). The number of nitrogens with one attached hydrogen (secondary N) is 1. The molecule has 2 amide bonds. The molecule has 1 saturated heterocycles. The minimum Gasteiger partial charge on any atom is -0.335 e. The number of para-hydroxylation sites is 1. The number of rotatable bonds is 4. The lowest BCUT2D eigenvalue weighted by Gasteiger charge is -2.33. The zero-order valence-corrected chi connectivity index (χ0v) is 14.9. The predicted octanol–water partition coefficient (Wildman–Crippen LogP) is 1.73. The van der Waals surface area contributed by atoms with Crippen molar-refractivity contribution in [1.82, 2.24) is 19.2 Å². The van der Waals surface area contributed by atoms with Crippen molar-refractivity contribution in [3.8, 4) is 0 Å². The summed E-state index contributed by atoms with van der Waals surface area (Å²) in [5, 5.41) is 2.89. The number of nitrogens with zero attached hydrogens (tertiary/aromatic N) is 4. The number of carbonyl (C=O) groups is 2. The van der Waals surface area contributed by atoms with Gasteiger partial charge in [-0.1, -0.05) is 24.3 Å². The molecular weight excluding hydrogens is 342 g/mol. The van der Waals surface area contributed by atoms with Crippen molar-refractivity contribution in [3.05, 3.63) is 66.6 Å². The van der Waals surface area contributed by atoms with Gasteiger partial charge in [-0.05, 0) is 24.3 Å². The molecule has 2 aromatic heterocycles. The second-order valence-corrected chi connectivity index (χ2v) is 6.57. The van der Waals surface area contributed by atoms with Gasteiger partial charge in [-0.15, -0.1) is 0 Å².